The van der Waals surface area contributed by atoms with Crippen molar-refractivity contribution in [3.63, 3.8) is 0 Å². The zero-order chi connectivity index (χ0) is 11.5. The molecule has 88 valence electrons. The van der Waals surface area contributed by atoms with E-state index in [1.54, 1.807) is 6.92 Å². The normalized spacial score (nSPS) is 16.9. The maximum atomic E-state index is 12.1. The molecule has 0 N–H and O–H groups in total. The molecule has 0 bridgehead atoms. The molecule has 1 saturated carbocycles. The Bertz CT molecular complexity index is 226. The highest BCUT2D eigenvalue weighted by molar-refractivity contribution is 5.71. The molecule has 0 saturated heterocycles. The molecule has 0 spiro atoms. The van der Waals surface area contributed by atoms with Crippen LogP contribution in [0.5, 0.6) is 0 Å². The topological polar surface area (TPSA) is 29.5 Å². The maximum absolute atomic E-state index is 12.1. The molecule has 0 atom stereocenters. The van der Waals surface area contributed by atoms with Crippen LogP contribution in [0.15, 0.2) is 0 Å². The Balaban J connectivity index is 2.40. The summed E-state index contributed by atoms with van der Waals surface area (Å²) >= 11 is 0. The van der Waals surface area contributed by atoms with Crippen molar-refractivity contribution in [2.24, 2.45) is 0 Å². The fourth-order valence-electron chi connectivity index (χ4n) is 1.36. The zero-order valence-electron chi connectivity index (χ0n) is 8.51. The minimum Gasteiger partial charge on any atom is -0.465 e. The third-order valence-electron chi connectivity index (χ3n) is 2.08. The largest absolute Gasteiger partial charge is 0.465 e. The molecule has 3 nitrogen and oxygen atoms in total. The van der Waals surface area contributed by atoms with Gasteiger partial charge in [-0.2, -0.15) is 13.2 Å². The van der Waals surface area contributed by atoms with Crippen molar-refractivity contribution in [2.75, 3.05) is 19.7 Å². The summed E-state index contributed by atoms with van der Waals surface area (Å²) in [6, 6.07) is -0.101. The SMILES string of the molecule is CCOC(=O)CN(CC(F)(F)F)C1CC1. The lowest BCUT2D eigenvalue weighted by Crippen LogP contribution is -2.39. The summed E-state index contributed by atoms with van der Waals surface area (Å²) in [5.74, 6) is -0.589. The lowest BCUT2D eigenvalue weighted by molar-refractivity contribution is -0.157. The van der Waals surface area contributed by atoms with Crippen LogP contribution < -0.4 is 0 Å². The number of hydrogen-bond acceptors (Lipinski definition) is 3. The van der Waals surface area contributed by atoms with Gasteiger partial charge in [-0.3, -0.25) is 9.69 Å². The van der Waals surface area contributed by atoms with Gasteiger partial charge in [-0.25, -0.2) is 0 Å². The Morgan fingerprint density at radius 2 is 2.07 bits per heavy atom. The second-order valence-corrected chi connectivity index (χ2v) is 3.56. The number of esters is 1. The van der Waals surface area contributed by atoms with E-state index in [0.29, 0.717) is 0 Å². The first-order valence-electron chi connectivity index (χ1n) is 4.89. The Labute approximate surface area is 86.2 Å². The van der Waals surface area contributed by atoms with Gasteiger partial charge in [-0.15, -0.1) is 0 Å². The van der Waals surface area contributed by atoms with Crippen molar-refractivity contribution in [1.29, 1.82) is 0 Å². The number of carbonyl (C=O) groups excluding carboxylic acids is 1. The number of carbonyl (C=O) groups is 1. The summed E-state index contributed by atoms with van der Waals surface area (Å²) in [4.78, 5) is 12.2. The highest BCUT2D eigenvalue weighted by atomic mass is 19.4. The van der Waals surface area contributed by atoms with Gasteiger partial charge in [0.1, 0.15) is 0 Å². The quantitative estimate of drug-likeness (QED) is 0.665. The number of rotatable bonds is 5. The van der Waals surface area contributed by atoms with E-state index >= 15 is 0 Å². The van der Waals surface area contributed by atoms with E-state index in [4.69, 9.17) is 0 Å². The molecule has 0 aromatic rings. The number of alkyl halides is 3. The molecule has 1 fully saturated rings. The molecule has 6 heteroatoms. The Hall–Kier alpha value is -0.780. The predicted molar refractivity (Wildman–Crippen MR) is 47.3 cm³/mol. The second kappa shape index (κ2) is 4.83. The summed E-state index contributed by atoms with van der Waals surface area (Å²) in [5, 5.41) is 0. The van der Waals surface area contributed by atoms with Gasteiger partial charge in [0.15, 0.2) is 0 Å². The van der Waals surface area contributed by atoms with Gasteiger partial charge in [0.25, 0.3) is 0 Å². The Morgan fingerprint density at radius 1 is 1.47 bits per heavy atom. The average Bonchev–Trinajstić information content (AvgIpc) is 2.82. The average molecular weight is 225 g/mol. The van der Waals surface area contributed by atoms with Gasteiger partial charge in [-0.05, 0) is 19.8 Å². The molecule has 0 aromatic carbocycles. The van der Waals surface area contributed by atoms with E-state index in [2.05, 4.69) is 4.74 Å². The van der Waals surface area contributed by atoms with Gasteiger partial charge >= 0.3 is 12.1 Å². The molecule has 0 heterocycles. The van der Waals surface area contributed by atoms with E-state index < -0.39 is 18.7 Å². The molecule has 0 aliphatic heterocycles. The van der Waals surface area contributed by atoms with E-state index in [0.717, 1.165) is 17.7 Å². The molecular weight excluding hydrogens is 211 g/mol. The molecule has 0 aromatic heterocycles. The van der Waals surface area contributed by atoms with Gasteiger partial charge in [0.2, 0.25) is 0 Å². The van der Waals surface area contributed by atoms with E-state index in [1.165, 1.54) is 0 Å². The summed E-state index contributed by atoms with van der Waals surface area (Å²) in [7, 11) is 0. The first kappa shape index (κ1) is 12.3. The lowest BCUT2D eigenvalue weighted by atomic mass is 10.4. The maximum Gasteiger partial charge on any atom is 0.401 e. The van der Waals surface area contributed by atoms with E-state index in [9.17, 15) is 18.0 Å². The highest BCUT2D eigenvalue weighted by Gasteiger charge is 2.38. The molecular formula is C9H14F3NO2. The molecule has 1 aliphatic carbocycles. The molecule has 0 unspecified atom stereocenters. The first-order chi connectivity index (χ1) is 6.92. The summed E-state index contributed by atoms with van der Waals surface area (Å²) in [6.45, 7) is 0.529. The minimum atomic E-state index is -4.25. The van der Waals surface area contributed by atoms with Gasteiger partial charge in [0.05, 0.1) is 19.7 Å². The third kappa shape index (κ3) is 5.01. The van der Waals surface area contributed by atoms with Crippen LogP contribution >= 0.6 is 0 Å². The van der Waals surface area contributed by atoms with Crippen molar-refractivity contribution >= 4 is 5.97 Å². The fraction of sp³-hybridized carbons (Fsp3) is 0.889. The monoisotopic (exact) mass is 225 g/mol. The van der Waals surface area contributed by atoms with Crippen LogP contribution in [0.3, 0.4) is 0 Å². The van der Waals surface area contributed by atoms with Gasteiger partial charge in [-0.1, -0.05) is 0 Å². The molecule has 1 rings (SSSR count). The Morgan fingerprint density at radius 3 is 2.47 bits per heavy atom. The van der Waals surface area contributed by atoms with Crippen molar-refractivity contribution < 1.29 is 22.7 Å². The molecule has 0 amide bonds. The molecule has 0 radical (unpaired) electrons. The number of nitrogens with zero attached hydrogens (tertiary/aromatic N) is 1. The van der Waals surface area contributed by atoms with Crippen LogP contribution in [0.2, 0.25) is 0 Å². The number of ether oxygens (including phenoxy) is 1. The number of hydrogen-bond donors (Lipinski definition) is 0. The van der Waals surface area contributed by atoms with Crippen LogP contribution in [0.25, 0.3) is 0 Å². The third-order valence-corrected chi connectivity index (χ3v) is 2.08. The smallest absolute Gasteiger partial charge is 0.401 e. The van der Waals surface area contributed by atoms with Gasteiger partial charge < -0.3 is 4.74 Å². The summed E-state index contributed by atoms with van der Waals surface area (Å²) in [6.07, 6.45) is -2.79. The minimum absolute atomic E-state index is 0.101. The van der Waals surface area contributed by atoms with Crippen LogP contribution in [-0.2, 0) is 9.53 Å². The Kier molecular flexibility index (Phi) is 3.96. The van der Waals surface area contributed by atoms with E-state index in [-0.39, 0.29) is 19.2 Å². The van der Waals surface area contributed by atoms with Crippen molar-refractivity contribution in [3.8, 4) is 0 Å². The van der Waals surface area contributed by atoms with Crippen LogP contribution in [0, 0.1) is 0 Å². The molecule has 15 heavy (non-hydrogen) atoms. The predicted octanol–water partition coefficient (Wildman–Crippen LogP) is 1.58. The van der Waals surface area contributed by atoms with E-state index in [1.807, 2.05) is 0 Å². The zero-order valence-corrected chi connectivity index (χ0v) is 8.51. The fourth-order valence-corrected chi connectivity index (χ4v) is 1.36. The van der Waals surface area contributed by atoms with Crippen molar-refractivity contribution in [3.05, 3.63) is 0 Å². The van der Waals surface area contributed by atoms with Crippen LogP contribution in [0.4, 0.5) is 13.2 Å². The van der Waals surface area contributed by atoms with Gasteiger partial charge in [0, 0.05) is 6.04 Å². The second-order valence-electron chi connectivity index (χ2n) is 3.56. The number of halogens is 3. The van der Waals surface area contributed by atoms with Crippen LogP contribution in [0.1, 0.15) is 19.8 Å². The highest BCUT2D eigenvalue weighted by Crippen LogP contribution is 2.29. The lowest BCUT2D eigenvalue weighted by Gasteiger charge is -2.21. The van der Waals surface area contributed by atoms with Crippen molar-refractivity contribution in [2.45, 2.75) is 32.0 Å². The van der Waals surface area contributed by atoms with Crippen LogP contribution in [-0.4, -0.2) is 42.8 Å². The summed E-state index contributed by atoms with van der Waals surface area (Å²) in [5.41, 5.74) is 0. The first-order valence-corrected chi connectivity index (χ1v) is 4.89. The summed E-state index contributed by atoms with van der Waals surface area (Å²) < 4.78 is 41.0. The van der Waals surface area contributed by atoms with Crippen molar-refractivity contribution in [1.82, 2.24) is 4.90 Å². The molecule has 1 aliphatic rings. The standard InChI is InChI=1S/C9H14F3NO2/c1-2-15-8(14)5-13(7-3-4-7)6-9(10,11)12/h7H,2-6H2,1H3.